The van der Waals surface area contributed by atoms with E-state index in [9.17, 15) is 29.4 Å². The van der Waals surface area contributed by atoms with Crippen LogP contribution in [0.3, 0.4) is 0 Å². The van der Waals surface area contributed by atoms with Crippen LogP contribution in [0, 0.1) is 46.3 Å². The lowest BCUT2D eigenvalue weighted by Gasteiger charge is -2.47. The summed E-state index contributed by atoms with van der Waals surface area (Å²) >= 11 is 0. The van der Waals surface area contributed by atoms with Gasteiger partial charge in [0, 0.05) is 41.1 Å². The first-order valence-corrected chi connectivity index (χ1v) is 20.6. The lowest BCUT2D eigenvalue weighted by molar-refractivity contribution is -0.120. The van der Waals surface area contributed by atoms with Crippen molar-refractivity contribution in [1.29, 1.82) is 0 Å². The number of carbonyl (C=O) groups is 4. The number of aliphatic hydroxyl groups excluding tert-OH is 2. The molecule has 0 aromatic carbocycles. The number of fused-ring (bicyclic) bond motifs is 3. The molecule has 0 aromatic heterocycles. The molecule has 0 aromatic rings. The van der Waals surface area contributed by atoms with Crippen LogP contribution in [0.15, 0.2) is 70.5 Å². The first-order chi connectivity index (χ1) is 26.6. The highest BCUT2D eigenvalue weighted by Gasteiger charge is 2.67. The van der Waals surface area contributed by atoms with Crippen molar-refractivity contribution in [2.75, 3.05) is 13.7 Å². The zero-order valence-electron chi connectivity index (χ0n) is 36.0. The first-order valence-electron chi connectivity index (χ1n) is 20.6. The normalized spacial score (nSPS) is 42.2. The average molecular weight is 793 g/mol. The number of nitrogens with one attached hydrogen (secondary N) is 1. The van der Waals surface area contributed by atoms with Gasteiger partial charge in [0.25, 0.3) is 5.91 Å². The van der Waals surface area contributed by atoms with E-state index in [0.29, 0.717) is 36.0 Å². The fourth-order valence-corrected chi connectivity index (χ4v) is 10.1. The molecule has 13 atom stereocenters. The second-order valence-electron chi connectivity index (χ2n) is 18.0. The Morgan fingerprint density at radius 1 is 0.947 bits per heavy atom. The number of ketones is 2. The number of rotatable bonds is 2. The Morgan fingerprint density at radius 3 is 2.21 bits per heavy atom. The number of primary amides is 1. The summed E-state index contributed by atoms with van der Waals surface area (Å²) in [6.45, 7) is 24.6. The highest BCUT2D eigenvalue weighted by Crippen LogP contribution is 2.66. The lowest BCUT2D eigenvalue weighted by Crippen LogP contribution is -2.49. The Bertz CT molecular complexity index is 1740. The van der Waals surface area contributed by atoms with Crippen molar-refractivity contribution in [3.63, 3.8) is 0 Å². The van der Waals surface area contributed by atoms with Gasteiger partial charge in [-0.3, -0.25) is 14.4 Å². The maximum atomic E-state index is 13.3. The second kappa shape index (κ2) is 18.5. The Hall–Kier alpha value is -3.64. The van der Waals surface area contributed by atoms with Gasteiger partial charge in [0.15, 0.2) is 5.78 Å². The van der Waals surface area contributed by atoms with Crippen LogP contribution in [-0.4, -0.2) is 78.0 Å². The van der Waals surface area contributed by atoms with Gasteiger partial charge in [-0.25, -0.2) is 4.79 Å². The van der Waals surface area contributed by atoms with Crippen LogP contribution in [-0.2, 0) is 28.6 Å². The average Bonchev–Trinajstić information content (AvgIpc) is 3.56. The van der Waals surface area contributed by atoms with Crippen LogP contribution in [0.2, 0.25) is 0 Å². The van der Waals surface area contributed by atoms with Crippen LogP contribution in [0.4, 0.5) is 4.79 Å². The predicted octanol–water partition coefficient (Wildman–Crippen LogP) is 6.85. The zero-order chi connectivity index (χ0) is 42.7. The molecule has 5 N–H and O–H groups in total. The van der Waals surface area contributed by atoms with Gasteiger partial charge < -0.3 is 35.5 Å². The van der Waals surface area contributed by atoms with Crippen molar-refractivity contribution in [3.8, 4) is 0 Å². The molecular weight excluding hydrogens is 725 g/mol. The molecule has 2 heterocycles. The SMILES string of the molecule is C=C1COC(C)[C@]12CC1CC(O)CC(C)C1(C)C2O.COC1C/C=C(\C)C(OC(N)=O)C(C)/C(C)=C\C=C(/C)C(=O)NC2=CC(=O)C=C(C2=O)C(C)C(C)CC1C. The van der Waals surface area contributed by atoms with Gasteiger partial charge in [-0.1, -0.05) is 71.9 Å². The zero-order valence-corrected chi connectivity index (χ0v) is 36.0. The molecule has 11 nitrogen and oxygen atoms in total. The van der Waals surface area contributed by atoms with Crippen LogP contribution in [0.1, 0.15) is 101 Å². The summed E-state index contributed by atoms with van der Waals surface area (Å²) in [6, 6.07) is 0. The molecule has 316 valence electrons. The number of methoxy groups -OCH3 is 1. The number of hydrogen-bond donors (Lipinski definition) is 4. The van der Waals surface area contributed by atoms with Crippen LogP contribution >= 0.6 is 0 Å². The minimum Gasteiger partial charge on any atom is -0.441 e. The fourth-order valence-electron chi connectivity index (χ4n) is 10.1. The van der Waals surface area contributed by atoms with Gasteiger partial charge in [0.1, 0.15) is 6.10 Å². The minimum atomic E-state index is -0.862. The topological polar surface area (TPSA) is 174 Å². The maximum Gasteiger partial charge on any atom is 0.405 e. The summed E-state index contributed by atoms with van der Waals surface area (Å²) in [5, 5.41) is 23.8. The van der Waals surface area contributed by atoms with Crippen molar-refractivity contribution in [2.24, 2.45) is 52.1 Å². The van der Waals surface area contributed by atoms with Crippen molar-refractivity contribution >= 4 is 23.6 Å². The molecule has 3 fully saturated rings. The number of nitrogens with two attached hydrogens (primary N) is 1. The molecule has 3 aliphatic carbocycles. The third-order valence-electron chi connectivity index (χ3n) is 14.5. The van der Waals surface area contributed by atoms with Crippen molar-refractivity contribution in [3.05, 3.63) is 70.5 Å². The van der Waals surface area contributed by atoms with Crippen LogP contribution in [0.25, 0.3) is 0 Å². The molecule has 1 spiro atoms. The molecule has 5 rings (SSSR count). The molecule has 2 amide bonds. The van der Waals surface area contributed by atoms with Crippen LogP contribution < -0.4 is 11.1 Å². The first kappa shape index (κ1) is 46.1. The number of aliphatic hydroxyl groups is 2. The number of carbonyl (C=O) groups excluding carboxylic acids is 4. The van der Waals surface area contributed by atoms with E-state index in [4.69, 9.17) is 19.9 Å². The third kappa shape index (κ3) is 9.48. The van der Waals surface area contributed by atoms with E-state index in [1.54, 1.807) is 26.2 Å². The molecule has 2 aliphatic heterocycles. The number of hydrogen-bond acceptors (Lipinski definition) is 9. The number of ether oxygens (including phenoxy) is 3. The highest BCUT2D eigenvalue weighted by molar-refractivity contribution is 6.21. The number of amides is 2. The molecule has 0 radical (unpaired) electrons. The standard InChI is InChI=1S/C30H42N2O6.C16H26O3/c1-16-9-10-18(3)29(35)32-25-15-23(33)14-24(27(25)34)21(6)19(4)13-20(5)26(37-8)12-11-17(2)28(22(16)7)38-30(31)36;1-9-5-13(17)6-12-7-16(14(18)15(9,12)4)10(2)8-19-11(16)3/h9-11,14-15,19-22,26,28H,12-13H2,1-8H3,(H2,31,36)(H,32,35);9,11-14,17-18H,2,5-8H2,1,3-4H3/b16-9-,17-11+,18-10+;/t;9?,11?,12?,13?,14?,15?,16-/m.0/s1. The summed E-state index contributed by atoms with van der Waals surface area (Å²) in [5.41, 5.74) is 8.46. The predicted molar refractivity (Wildman–Crippen MR) is 220 cm³/mol. The van der Waals surface area contributed by atoms with E-state index in [0.717, 1.165) is 42.4 Å². The highest BCUT2D eigenvalue weighted by atomic mass is 16.6. The monoisotopic (exact) mass is 792 g/mol. The Balaban J connectivity index is 0.000000313. The molecule has 1 saturated heterocycles. The third-order valence-corrected chi connectivity index (χ3v) is 14.5. The summed E-state index contributed by atoms with van der Waals surface area (Å²) in [4.78, 5) is 50.3. The summed E-state index contributed by atoms with van der Waals surface area (Å²) in [6.07, 6.45) is 9.67. The molecule has 57 heavy (non-hydrogen) atoms. The van der Waals surface area contributed by atoms with Crippen molar-refractivity contribution in [1.82, 2.24) is 5.32 Å². The van der Waals surface area contributed by atoms with E-state index in [-0.39, 0.29) is 70.1 Å². The van der Waals surface area contributed by atoms with Crippen molar-refractivity contribution in [2.45, 2.75) is 132 Å². The van der Waals surface area contributed by atoms with E-state index in [1.165, 1.54) is 12.2 Å². The van der Waals surface area contributed by atoms with Gasteiger partial charge in [-0.2, -0.15) is 0 Å². The summed E-state index contributed by atoms with van der Waals surface area (Å²) in [7, 11) is 1.67. The molecule has 2 saturated carbocycles. The molecular formula is C46H68N2O9. The summed E-state index contributed by atoms with van der Waals surface area (Å²) in [5.74, 6) is -0.686. The van der Waals surface area contributed by atoms with Gasteiger partial charge in [-0.15, -0.1) is 0 Å². The fraction of sp³-hybridized carbons (Fsp3) is 0.652. The lowest BCUT2D eigenvalue weighted by atomic mass is 9.60. The van der Waals surface area contributed by atoms with Crippen molar-refractivity contribution < 1.29 is 43.6 Å². The second-order valence-corrected chi connectivity index (χ2v) is 18.0. The molecule has 12 unspecified atom stereocenters. The van der Waals surface area contributed by atoms with Gasteiger partial charge in [-0.05, 0) is 107 Å². The number of allylic oxidation sites excluding steroid dienone is 5. The van der Waals surface area contributed by atoms with Gasteiger partial charge in [0.2, 0.25) is 5.78 Å². The van der Waals surface area contributed by atoms with E-state index < -0.39 is 24.2 Å². The quantitative estimate of drug-likeness (QED) is 0.172. The number of Topliss-reactive ketones (excluding diaryl/α,β-unsaturated/α-hetero) is 1. The molecule has 5 aliphatic rings. The maximum absolute atomic E-state index is 13.3. The minimum absolute atomic E-state index is 0.0196. The molecule has 11 heteroatoms. The van der Waals surface area contributed by atoms with E-state index in [1.807, 2.05) is 40.7 Å². The Morgan fingerprint density at radius 2 is 1.61 bits per heavy atom. The van der Waals surface area contributed by atoms with Gasteiger partial charge in [0.05, 0.1) is 36.7 Å². The van der Waals surface area contributed by atoms with E-state index >= 15 is 0 Å². The van der Waals surface area contributed by atoms with E-state index in [2.05, 4.69) is 39.6 Å². The summed E-state index contributed by atoms with van der Waals surface area (Å²) < 4.78 is 17.1. The molecule has 2 bridgehead atoms. The van der Waals surface area contributed by atoms with Crippen LogP contribution in [0.5, 0.6) is 0 Å². The smallest absolute Gasteiger partial charge is 0.405 e. The van der Waals surface area contributed by atoms with Gasteiger partial charge >= 0.3 is 6.09 Å². The Kier molecular flexibility index (Phi) is 15.0. The largest absolute Gasteiger partial charge is 0.441 e. The Labute approximate surface area is 339 Å².